The summed E-state index contributed by atoms with van der Waals surface area (Å²) in [5.74, 6) is -1.92. The lowest BCUT2D eigenvalue weighted by Gasteiger charge is -2.27. The van der Waals surface area contributed by atoms with Crippen molar-refractivity contribution in [3.63, 3.8) is 0 Å². The van der Waals surface area contributed by atoms with Crippen molar-refractivity contribution in [1.29, 1.82) is 0 Å². The summed E-state index contributed by atoms with van der Waals surface area (Å²) >= 11 is 0. The van der Waals surface area contributed by atoms with Crippen molar-refractivity contribution in [3.05, 3.63) is 65.2 Å². The fourth-order valence-electron chi connectivity index (χ4n) is 2.95. The number of morpholine rings is 1. The fourth-order valence-corrected chi connectivity index (χ4v) is 2.95. The van der Waals surface area contributed by atoms with Crippen LogP contribution >= 0.6 is 0 Å². The van der Waals surface area contributed by atoms with Gasteiger partial charge in [0, 0.05) is 31.7 Å². The van der Waals surface area contributed by atoms with Gasteiger partial charge in [-0.25, -0.2) is 8.78 Å². The van der Waals surface area contributed by atoms with E-state index in [1.807, 2.05) is 24.3 Å². The fraction of sp³-hybridized carbons (Fsp3) is 0.350. The number of halogens is 2. The number of carbonyl (C=O) groups excluding carboxylic acids is 1. The molecule has 1 aliphatic heterocycles. The molecule has 1 heterocycles. The molecule has 1 N–H and O–H groups in total. The van der Waals surface area contributed by atoms with Crippen molar-refractivity contribution in [2.75, 3.05) is 31.6 Å². The third kappa shape index (κ3) is 5.09. The predicted molar refractivity (Wildman–Crippen MR) is 95.8 cm³/mol. The second kappa shape index (κ2) is 8.87. The summed E-state index contributed by atoms with van der Waals surface area (Å²) in [6.07, 6.45) is 0.561. The summed E-state index contributed by atoms with van der Waals surface area (Å²) < 4.78 is 31.6. The van der Waals surface area contributed by atoms with E-state index in [9.17, 15) is 13.6 Å². The zero-order valence-electron chi connectivity index (χ0n) is 14.5. The van der Waals surface area contributed by atoms with Crippen molar-refractivity contribution in [3.8, 4) is 0 Å². The molecule has 0 saturated carbocycles. The van der Waals surface area contributed by atoms with Gasteiger partial charge in [-0.1, -0.05) is 24.3 Å². The van der Waals surface area contributed by atoms with Gasteiger partial charge in [0.05, 0.1) is 13.2 Å². The molecule has 2 aromatic rings. The Morgan fingerprint density at radius 3 is 2.62 bits per heavy atom. The lowest BCUT2D eigenvalue weighted by Crippen LogP contribution is -2.35. The molecule has 4 nitrogen and oxygen atoms in total. The summed E-state index contributed by atoms with van der Waals surface area (Å²) in [5.41, 5.74) is 2.44. The first kappa shape index (κ1) is 18.5. The topological polar surface area (TPSA) is 41.6 Å². The number of hydrogen-bond acceptors (Lipinski definition) is 3. The van der Waals surface area contributed by atoms with E-state index >= 15 is 0 Å². The Kier molecular flexibility index (Phi) is 6.30. The van der Waals surface area contributed by atoms with Crippen LogP contribution < -0.4 is 5.32 Å². The van der Waals surface area contributed by atoms with Crippen LogP contribution in [0.5, 0.6) is 0 Å². The van der Waals surface area contributed by atoms with E-state index < -0.39 is 11.6 Å². The van der Waals surface area contributed by atoms with Crippen LogP contribution in [0.2, 0.25) is 0 Å². The van der Waals surface area contributed by atoms with E-state index in [0.717, 1.165) is 56.2 Å². The van der Waals surface area contributed by atoms with Gasteiger partial charge in [0.1, 0.15) is 0 Å². The molecular weight excluding hydrogens is 338 g/mol. The molecule has 6 heteroatoms. The maximum Gasteiger partial charge on any atom is 0.224 e. The van der Waals surface area contributed by atoms with Gasteiger partial charge in [0.2, 0.25) is 5.91 Å². The van der Waals surface area contributed by atoms with E-state index in [1.165, 1.54) is 6.07 Å². The maximum absolute atomic E-state index is 13.2. The highest BCUT2D eigenvalue weighted by atomic mass is 19.2. The van der Waals surface area contributed by atoms with Gasteiger partial charge in [-0.2, -0.15) is 0 Å². The highest BCUT2D eigenvalue weighted by Gasteiger charge is 2.14. The molecule has 0 atom stereocenters. The van der Waals surface area contributed by atoms with Crippen molar-refractivity contribution in [1.82, 2.24) is 4.90 Å². The molecule has 138 valence electrons. The molecular formula is C20H22F2N2O2. The lowest BCUT2D eigenvalue weighted by atomic mass is 10.1. The van der Waals surface area contributed by atoms with Gasteiger partial charge >= 0.3 is 0 Å². The average molecular weight is 360 g/mol. The summed E-state index contributed by atoms with van der Waals surface area (Å²) in [6.45, 7) is 3.95. The second-order valence-corrected chi connectivity index (χ2v) is 6.34. The second-order valence-electron chi connectivity index (χ2n) is 6.34. The van der Waals surface area contributed by atoms with Crippen LogP contribution in [-0.4, -0.2) is 37.1 Å². The molecule has 1 fully saturated rings. The molecule has 0 unspecified atom stereocenters. The van der Waals surface area contributed by atoms with Crippen LogP contribution in [0.25, 0.3) is 0 Å². The van der Waals surface area contributed by atoms with Crippen LogP contribution in [0.4, 0.5) is 14.5 Å². The molecule has 3 rings (SSSR count). The van der Waals surface area contributed by atoms with E-state index in [4.69, 9.17) is 4.74 Å². The quantitative estimate of drug-likeness (QED) is 0.859. The number of amides is 1. The molecule has 0 aromatic heterocycles. The predicted octanol–water partition coefficient (Wildman–Crippen LogP) is 3.37. The number of ether oxygens (including phenoxy) is 1. The van der Waals surface area contributed by atoms with Crippen molar-refractivity contribution < 1.29 is 18.3 Å². The zero-order valence-corrected chi connectivity index (χ0v) is 14.5. The molecule has 1 aliphatic rings. The largest absolute Gasteiger partial charge is 0.379 e. The first-order chi connectivity index (χ1) is 12.6. The normalized spacial score (nSPS) is 15.0. The Balaban J connectivity index is 1.57. The summed E-state index contributed by atoms with van der Waals surface area (Å²) in [6, 6.07) is 11.4. The highest BCUT2D eigenvalue weighted by Crippen LogP contribution is 2.19. The van der Waals surface area contributed by atoms with E-state index in [1.54, 1.807) is 0 Å². The van der Waals surface area contributed by atoms with E-state index in [2.05, 4.69) is 10.2 Å². The molecule has 0 radical (unpaired) electrons. The Hall–Kier alpha value is -2.31. The van der Waals surface area contributed by atoms with Gasteiger partial charge in [0.15, 0.2) is 11.6 Å². The smallest absolute Gasteiger partial charge is 0.224 e. The van der Waals surface area contributed by atoms with Crippen LogP contribution in [0.15, 0.2) is 42.5 Å². The lowest BCUT2D eigenvalue weighted by molar-refractivity contribution is -0.116. The molecule has 0 aliphatic carbocycles. The van der Waals surface area contributed by atoms with Gasteiger partial charge in [-0.05, 0) is 35.7 Å². The third-order valence-electron chi connectivity index (χ3n) is 4.41. The summed E-state index contributed by atoms with van der Waals surface area (Å²) in [4.78, 5) is 14.6. The van der Waals surface area contributed by atoms with Crippen LogP contribution in [-0.2, 0) is 22.5 Å². The van der Waals surface area contributed by atoms with Crippen LogP contribution in [0, 0.1) is 11.6 Å². The number of hydrogen-bond donors (Lipinski definition) is 1. The van der Waals surface area contributed by atoms with E-state index in [0.29, 0.717) is 12.0 Å². The first-order valence-electron chi connectivity index (χ1n) is 8.73. The van der Waals surface area contributed by atoms with Gasteiger partial charge in [-0.3, -0.25) is 9.69 Å². The van der Waals surface area contributed by atoms with Gasteiger partial charge < -0.3 is 10.1 Å². The number of aryl methyl sites for hydroxylation is 1. The number of carbonyl (C=O) groups is 1. The van der Waals surface area contributed by atoms with Crippen molar-refractivity contribution in [2.45, 2.75) is 19.4 Å². The minimum atomic E-state index is -0.890. The minimum Gasteiger partial charge on any atom is -0.379 e. The van der Waals surface area contributed by atoms with Crippen LogP contribution in [0.3, 0.4) is 0 Å². The van der Waals surface area contributed by atoms with Gasteiger partial charge in [0.25, 0.3) is 0 Å². The summed E-state index contributed by atoms with van der Waals surface area (Å²) in [5, 5.41) is 2.93. The number of para-hydroxylation sites is 1. The zero-order chi connectivity index (χ0) is 18.4. The first-order valence-corrected chi connectivity index (χ1v) is 8.73. The molecule has 1 saturated heterocycles. The standard InChI is InChI=1S/C20H22F2N2O2/c21-17-7-5-15(13-18(17)22)6-8-20(25)23-19-4-2-1-3-16(19)14-24-9-11-26-12-10-24/h1-5,7,13H,6,8-12,14H2,(H,23,25). The maximum atomic E-state index is 13.2. The Morgan fingerprint density at radius 1 is 1.08 bits per heavy atom. The average Bonchev–Trinajstić information content (AvgIpc) is 2.65. The molecule has 0 bridgehead atoms. The number of benzene rings is 2. The molecule has 2 aromatic carbocycles. The number of anilines is 1. The van der Waals surface area contributed by atoms with Crippen molar-refractivity contribution in [2.24, 2.45) is 0 Å². The third-order valence-corrected chi connectivity index (χ3v) is 4.41. The SMILES string of the molecule is O=C(CCc1ccc(F)c(F)c1)Nc1ccccc1CN1CCOCC1. The Bertz CT molecular complexity index is 761. The minimum absolute atomic E-state index is 0.149. The van der Waals surface area contributed by atoms with Crippen molar-refractivity contribution >= 4 is 11.6 Å². The van der Waals surface area contributed by atoms with Gasteiger partial charge in [-0.15, -0.1) is 0 Å². The van der Waals surface area contributed by atoms with E-state index in [-0.39, 0.29) is 12.3 Å². The molecule has 26 heavy (non-hydrogen) atoms. The molecule has 0 spiro atoms. The highest BCUT2D eigenvalue weighted by molar-refractivity contribution is 5.91. The van der Waals surface area contributed by atoms with Crippen LogP contribution in [0.1, 0.15) is 17.5 Å². The molecule has 1 amide bonds. The summed E-state index contributed by atoms with van der Waals surface area (Å²) in [7, 11) is 0. The number of nitrogens with one attached hydrogen (secondary N) is 1. The Labute approximate surface area is 151 Å². The number of nitrogens with zero attached hydrogens (tertiary/aromatic N) is 1. The Morgan fingerprint density at radius 2 is 1.85 bits per heavy atom. The number of rotatable bonds is 6. The monoisotopic (exact) mass is 360 g/mol.